The van der Waals surface area contributed by atoms with Crippen molar-refractivity contribution < 1.29 is 14.3 Å². The van der Waals surface area contributed by atoms with Crippen LogP contribution in [-0.2, 0) is 4.74 Å². The van der Waals surface area contributed by atoms with E-state index in [2.05, 4.69) is 20.3 Å². The zero-order chi connectivity index (χ0) is 15.5. The zero-order valence-corrected chi connectivity index (χ0v) is 12.2. The average molecular weight is 298 g/mol. The molecule has 2 aromatic rings. The Balaban J connectivity index is 1.98. The minimum atomic E-state index is -0.383. The summed E-state index contributed by atoms with van der Waals surface area (Å²) in [6, 6.07) is 5.33. The average Bonchev–Trinajstić information content (AvgIpc) is 2.56. The molecule has 0 spiro atoms. The van der Waals surface area contributed by atoms with Crippen LogP contribution in [0.15, 0.2) is 29.5 Å². The maximum absolute atomic E-state index is 11.8. The van der Waals surface area contributed by atoms with E-state index in [-0.39, 0.29) is 5.97 Å². The van der Waals surface area contributed by atoms with Crippen molar-refractivity contribution in [2.75, 3.05) is 19.0 Å². The summed E-state index contributed by atoms with van der Waals surface area (Å²) in [6.07, 6.45) is 3.05. The smallest absolute Gasteiger partial charge is 0.338 e. The van der Waals surface area contributed by atoms with Crippen LogP contribution < -0.4 is 10.1 Å². The highest BCUT2D eigenvalue weighted by atomic mass is 16.5. The molecular weight excluding hydrogens is 284 g/mol. The van der Waals surface area contributed by atoms with Gasteiger partial charge in [0.2, 0.25) is 5.75 Å². The molecule has 1 aliphatic rings. The molecule has 0 aliphatic carbocycles. The van der Waals surface area contributed by atoms with E-state index >= 15 is 0 Å². The number of esters is 1. The summed E-state index contributed by atoms with van der Waals surface area (Å²) in [5, 5.41) is 3.16. The molecular formula is C15H14N4O3. The highest BCUT2D eigenvalue weighted by molar-refractivity contribution is 5.93. The third-order valence-electron chi connectivity index (χ3n) is 3.29. The number of nitrogens with zero attached hydrogens (tertiary/aromatic N) is 3. The van der Waals surface area contributed by atoms with Gasteiger partial charge in [-0.2, -0.15) is 0 Å². The van der Waals surface area contributed by atoms with E-state index in [1.165, 1.54) is 13.4 Å². The second-order valence-electron chi connectivity index (χ2n) is 4.59. The molecule has 1 aromatic heterocycles. The highest BCUT2D eigenvalue weighted by Gasteiger charge is 2.17. The fraction of sp³-hybridized carbons (Fsp3) is 0.200. The Kier molecular flexibility index (Phi) is 3.69. The van der Waals surface area contributed by atoms with Gasteiger partial charge in [-0.25, -0.2) is 19.8 Å². The van der Waals surface area contributed by atoms with Gasteiger partial charge in [-0.05, 0) is 24.6 Å². The Morgan fingerprint density at radius 3 is 3.05 bits per heavy atom. The number of fused-ring (bicyclic) bond motifs is 1. The Hall–Kier alpha value is -2.96. The molecule has 22 heavy (non-hydrogen) atoms. The summed E-state index contributed by atoms with van der Waals surface area (Å²) >= 11 is 0. The van der Waals surface area contributed by atoms with Crippen LogP contribution in [-0.4, -0.2) is 35.9 Å². The monoisotopic (exact) mass is 298 g/mol. The van der Waals surface area contributed by atoms with Crippen LogP contribution in [0.3, 0.4) is 0 Å². The first-order valence-corrected chi connectivity index (χ1v) is 6.66. The van der Waals surface area contributed by atoms with Gasteiger partial charge in [0.25, 0.3) is 0 Å². The van der Waals surface area contributed by atoms with Gasteiger partial charge in [0.1, 0.15) is 12.9 Å². The largest absolute Gasteiger partial charge is 0.481 e. The molecule has 0 radical (unpaired) electrons. The summed E-state index contributed by atoms with van der Waals surface area (Å²) in [7, 11) is 1.36. The topological polar surface area (TPSA) is 85.7 Å². The number of ether oxygens (including phenoxy) is 2. The molecule has 0 atom stereocenters. The number of hydrogen-bond acceptors (Lipinski definition) is 7. The molecule has 1 aliphatic heterocycles. The van der Waals surface area contributed by atoms with Crippen molar-refractivity contribution in [2.45, 2.75) is 6.92 Å². The van der Waals surface area contributed by atoms with E-state index in [1.807, 2.05) is 13.0 Å². The second kappa shape index (κ2) is 5.80. The third kappa shape index (κ3) is 2.48. The maximum Gasteiger partial charge on any atom is 0.338 e. The van der Waals surface area contributed by atoms with Gasteiger partial charge in [-0.3, -0.25) is 0 Å². The summed E-state index contributed by atoms with van der Waals surface area (Å²) < 4.78 is 10.3. The maximum atomic E-state index is 11.8. The number of aliphatic imine (C=N–C) groups is 1. The first-order valence-electron chi connectivity index (χ1n) is 6.66. The summed E-state index contributed by atoms with van der Waals surface area (Å²) in [5.74, 6) is 1.09. The van der Waals surface area contributed by atoms with E-state index in [9.17, 15) is 4.79 Å². The predicted octanol–water partition coefficient (Wildman–Crippen LogP) is 2.41. The van der Waals surface area contributed by atoms with Gasteiger partial charge in [-0.1, -0.05) is 6.07 Å². The summed E-state index contributed by atoms with van der Waals surface area (Å²) in [4.78, 5) is 24.2. The Labute approximate surface area is 127 Å². The number of carbonyl (C=O) groups is 1. The molecule has 0 saturated carbocycles. The number of rotatable bonds is 3. The molecule has 0 fully saturated rings. The lowest BCUT2D eigenvalue weighted by Crippen LogP contribution is -2.09. The normalized spacial score (nSPS) is 12.3. The summed E-state index contributed by atoms with van der Waals surface area (Å²) in [5.41, 5.74) is 2.00. The lowest BCUT2D eigenvalue weighted by atomic mass is 10.1. The molecule has 1 N–H and O–H groups in total. The zero-order valence-electron chi connectivity index (χ0n) is 12.2. The molecule has 3 rings (SSSR count). The van der Waals surface area contributed by atoms with Crippen molar-refractivity contribution in [1.29, 1.82) is 0 Å². The van der Waals surface area contributed by atoms with Crippen molar-refractivity contribution in [3.8, 4) is 5.75 Å². The van der Waals surface area contributed by atoms with Crippen molar-refractivity contribution in [2.24, 2.45) is 4.99 Å². The van der Waals surface area contributed by atoms with Crippen molar-refractivity contribution in [1.82, 2.24) is 9.97 Å². The van der Waals surface area contributed by atoms with E-state index in [4.69, 9.17) is 9.47 Å². The van der Waals surface area contributed by atoms with Crippen LogP contribution in [0.5, 0.6) is 5.75 Å². The number of carbonyl (C=O) groups excluding carboxylic acids is 1. The van der Waals surface area contributed by atoms with Crippen molar-refractivity contribution in [3.63, 3.8) is 0 Å². The molecule has 0 saturated heterocycles. The van der Waals surface area contributed by atoms with Crippen LogP contribution in [0.4, 0.5) is 17.3 Å². The van der Waals surface area contributed by atoms with Crippen LogP contribution in [0.2, 0.25) is 0 Å². The van der Waals surface area contributed by atoms with Gasteiger partial charge in [0.15, 0.2) is 11.6 Å². The first-order chi connectivity index (χ1) is 10.7. The molecule has 1 aromatic carbocycles. The van der Waals surface area contributed by atoms with E-state index in [0.29, 0.717) is 29.6 Å². The quantitative estimate of drug-likeness (QED) is 0.876. The Bertz CT molecular complexity index is 758. The molecule has 7 nitrogen and oxygen atoms in total. The van der Waals surface area contributed by atoms with E-state index in [0.717, 1.165) is 11.3 Å². The van der Waals surface area contributed by atoms with Crippen LogP contribution in [0.25, 0.3) is 0 Å². The fourth-order valence-corrected chi connectivity index (χ4v) is 2.15. The van der Waals surface area contributed by atoms with Gasteiger partial charge in [-0.15, -0.1) is 0 Å². The highest BCUT2D eigenvalue weighted by Crippen LogP contribution is 2.35. The van der Waals surface area contributed by atoms with Crippen LogP contribution in [0.1, 0.15) is 15.9 Å². The van der Waals surface area contributed by atoms with Gasteiger partial charge in [0, 0.05) is 11.9 Å². The first kappa shape index (κ1) is 14.0. The van der Waals surface area contributed by atoms with Gasteiger partial charge >= 0.3 is 5.97 Å². The second-order valence-corrected chi connectivity index (χ2v) is 4.59. The summed E-state index contributed by atoms with van der Waals surface area (Å²) in [6.45, 7) is 2.21. The number of hydrogen-bond donors (Lipinski definition) is 1. The predicted molar refractivity (Wildman–Crippen MR) is 81.5 cm³/mol. The molecule has 2 heterocycles. The number of aromatic nitrogens is 2. The molecule has 0 amide bonds. The molecule has 0 unspecified atom stereocenters. The lowest BCUT2D eigenvalue weighted by Gasteiger charge is -2.16. The van der Waals surface area contributed by atoms with Crippen LogP contribution >= 0.6 is 0 Å². The minimum Gasteiger partial charge on any atom is -0.481 e. The number of benzene rings is 1. The molecule has 7 heteroatoms. The SMILES string of the molecule is COC(=O)c1cccc(Nc2ncnc3c2OCC=N3)c1C. The molecule has 112 valence electrons. The third-order valence-corrected chi connectivity index (χ3v) is 3.29. The van der Waals surface area contributed by atoms with Gasteiger partial charge < -0.3 is 14.8 Å². The fourth-order valence-electron chi connectivity index (χ4n) is 2.15. The number of anilines is 2. The Morgan fingerprint density at radius 2 is 2.23 bits per heavy atom. The minimum absolute atomic E-state index is 0.371. The van der Waals surface area contributed by atoms with Gasteiger partial charge in [0.05, 0.1) is 12.7 Å². The molecule has 0 bridgehead atoms. The Morgan fingerprint density at radius 1 is 1.36 bits per heavy atom. The van der Waals surface area contributed by atoms with Crippen molar-refractivity contribution in [3.05, 3.63) is 35.7 Å². The standard InChI is InChI=1S/C15H14N4O3/c1-9-10(15(20)21-2)4-3-5-11(9)19-14-12-13(17-8-18-14)16-6-7-22-12/h3-6,8H,7H2,1-2H3,(H,17,18,19). The van der Waals surface area contributed by atoms with Crippen molar-refractivity contribution >= 4 is 29.5 Å². The lowest BCUT2D eigenvalue weighted by molar-refractivity contribution is 0.0600. The van der Waals surface area contributed by atoms with E-state index < -0.39 is 0 Å². The van der Waals surface area contributed by atoms with E-state index in [1.54, 1.807) is 18.3 Å². The van der Waals surface area contributed by atoms with Crippen LogP contribution in [0, 0.1) is 6.92 Å². The number of nitrogens with one attached hydrogen (secondary N) is 1. The number of methoxy groups -OCH3 is 1.